The third-order valence-corrected chi connectivity index (χ3v) is 6.53. The molecule has 0 radical (unpaired) electrons. The van der Waals surface area contributed by atoms with Crippen molar-refractivity contribution >= 4 is 18.3 Å². The SMILES string of the molecule is Cl.NC1C2CCCC1CC(C(=O)N(Cc1cccc(O)c1)CC1CC1)C2. The summed E-state index contributed by atoms with van der Waals surface area (Å²) in [6.07, 6.45) is 8.08. The highest BCUT2D eigenvalue weighted by Gasteiger charge is 2.42. The monoisotopic (exact) mass is 378 g/mol. The number of aromatic hydroxyl groups is 1. The highest BCUT2D eigenvalue weighted by Crippen LogP contribution is 2.43. The van der Waals surface area contributed by atoms with E-state index in [0.29, 0.717) is 36.2 Å². The standard InChI is InChI=1S/C21H30N2O2.ClH/c22-20-16-4-2-5-17(20)11-18(10-16)21(25)23(12-14-7-8-14)13-15-3-1-6-19(24)9-15;/h1,3,6,9,14,16-18,20,24H,2,4-5,7-8,10-13,22H2;1H. The first-order valence-corrected chi connectivity index (χ1v) is 9.92. The Bertz CT molecular complexity index is 620. The Morgan fingerprint density at radius 1 is 1.15 bits per heavy atom. The molecule has 26 heavy (non-hydrogen) atoms. The van der Waals surface area contributed by atoms with E-state index in [0.717, 1.165) is 24.9 Å². The summed E-state index contributed by atoms with van der Waals surface area (Å²) < 4.78 is 0. The summed E-state index contributed by atoms with van der Waals surface area (Å²) in [5.41, 5.74) is 7.42. The second-order valence-corrected chi connectivity index (χ2v) is 8.53. The minimum absolute atomic E-state index is 0. The van der Waals surface area contributed by atoms with Crippen molar-refractivity contribution in [1.29, 1.82) is 0 Å². The molecule has 4 nitrogen and oxygen atoms in total. The molecule has 3 aliphatic rings. The van der Waals surface area contributed by atoms with E-state index in [1.165, 1.54) is 32.1 Å². The van der Waals surface area contributed by atoms with Crippen LogP contribution in [0.25, 0.3) is 0 Å². The molecule has 3 saturated carbocycles. The zero-order chi connectivity index (χ0) is 17.4. The molecule has 3 N–H and O–H groups in total. The number of hydrogen-bond donors (Lipinski definition) is 2. The van der Waals surface area contributed by atoms with Crippen LogP contribution in [0.15, 0.2) is 24.3 Å². The Morgan fingerprint density at radius 3 is 2.46 bits per heavy atom. The highest BCUT2D eigenvalue weighted by molar-refractivity contribution is 5.85. The van der Waals surface area contributed by atoms with Crippen LogP contribution in [0.2, 0.25) is 0 Å². The largest absolute Gasteiger partial charge is 0.508 e. The van der Waals surface area contributed by atoms with Gasteiger partial charge in [-0.05, 0) is 74.0 Å². The van der Waals surface area contributed by atoms with E-state index in [4.69, 9.17) is 5.73 Å². The van der Waals surface area contributed by atoms with Gasteiger partial charge in [-0.25, -0.2) is 0 Å². The first-order valence-electron chi connectivity index (χ1n) is 9.92. The van der Waals surface area contributed by atoms with Crippen molar-refractivity contribution < 1.29 is 9.90 Å². The number of nitrogens with zero attached hydrogens (tertiary/aromatic N) is 1. The number of phenolic OH excluding ortho intramolecular Hbond substituents is 1. The summed E-state index contributed by atoms with van der Waals surface area (Å²) in [7, 11) is 0. The fraction of sp³-hybridized carbons (Fsp3) is 0.667. The van der Waals surface area contributed by atoms with Gasteiger partial charge < -0.3 is 15.7 Å². The van der Waals surface area contributed by atoms with Gasteiger partial charge in [-0.3, -0.25) is 4.79 Å². The summed E-state index contributed by atoms with van der Waals surface area (Å²) in [5.74, 6) is 2.47. The molecule has 144 valence electrons. The van der Waals surface area contributed by atoms with Crippen molar-refractivity contribution in [2.45, 2.75) is 57.5 Å². The quantitative estimate of drug-likeness (QED) is 0.820. The van der Waals surface area contributed by atoms with E-state index in [2.05, 4.69) is 4.90 Å². The summed E-state index contributed by atoms with van der Waals surface area (Å²) in [6, 6.07) is 7.62. The molecule has 0 aliphatic heterocycles. The van der Waals surface area contributed by atoms with Crippen LogP contribution in [0.5, 0.6) is 5.75 Å². The van der Waals surface area contributed by atoms with Crippen molar-refractivity contribution in [2.24, 2.45) is 29.4 Å². The van der Waals surface area contributed by atoms with Gasteiger partial charge in [-0.15, -0.1) is 12.4 Å². The molecular weight excluding hydrogens is 348 g/mol. The molecule has 1 amide bonds. The third kappa shape index (κ3) is 4.34. The number of nitrogens with two attached hydrogens (primary N) is 1. The van der Waals surface area contributed by atoms with Gasteiger partial charge in [0.1, 0.15) is 5.75 Å². The second kappa shape index (κ2) is 8.18. The number of benzene rings is 1. The lowest BCUT2D eigenvalue weighted by Gasteiger charge is -2.44. The minimum atomic E-state index is 0. The van der Waals surface area contributed by atoms with Gasteiger partial charge in [0, 0.05) is 25.0 Å². The van der Waals surface area contributed by atoms with Gasteiger partial charge in [0.2, 0.25) is 5.91 Å². The maximum absolute atomic E-state index is 13.3. The number of phenols is 1. The zero-order valence-corrected chi connectivity index (χ0v) is 16.2. The molecule has 2 unspecified atom stereocenters. The van der Waals surface area contributed by atoms with E-state index in [9.17, 15) is 9.90 Å². The molecule has 3 fully saturated rings. The molecule has 0 saturated heterocycles. The van der Waals surface area contributed by atoms with Crippen LogP contribution in [0.1, 0.15) is 50.5 Å². The Morgan fingerprint density at radius 2 is 1.85 bits per heavy atom. The lowest BCUT2D eigenvalue weighted by Crippen LogP contribution is -2.49. The maximum atomic E-state index is 13.3. The Labute approximate surface area is 162 Å². The van der Waals surface area contributed by atoms with E-state index >= 15 is 0 Å². The van der Waals surface area contributed by atoms with E-state index in [1.807, 2.05) is 12.1 Å². The van der Waals surface area contributed by atoms with Crippen LogP contribution in [-0.4, -0.2) is 28.5 Å². The molecule has 5 heteroatoms. The van der Waals surface area contributed by atoms with Crippen molar-refractivity contribution in [3.8, 4) is 5.75 Å². The van der Waals surface area contributed by atoms with Gasteiger partial charge in [-0.2, -0.15) is 0 Å². The fourth-order valence-corrected chi connectivity index (χ4v) is 4.97. The smallest absolute Gasteiger partial charge is 0.226 e. The summed E-state index contributed by atoms with van der Waals surface area (Å²) >= 11 is 0. The van der Waals surface area contributed by atoms with Gasteiger partial charge >= 0.3 is 0 Å². The Hall–Kier alpha value is -1.26. The maximum Gasteiger partial charge on any atom is 0.226 e. The molecule has 1 aromatic carbocycles. The average Bonchev–Trinajstić information content (AvgIpc) is 3.37. The number of halogens is 1. The van der Waals surface area contributed by atoms with Crippen molar-refractivity contribution in [3.63, 3.8) is 0 Å². The average molecular weight is 379 g/mol. The highest BCUT2D eigenvalue weighted by atomic mass is 35.5. The molecular formula is C21H31ClN2O2. The number of fused-ring (bicyclic) bond motifs is 2. The zero-order valence-electron chi connectivity index (χ0n) is 15.3. The van der Waals surface area contributed by atoms with Crippen LogP contribution in [0.3, 0.4) is 0 Å². The number of rotatable bonds is 5. The molecule has 3 aliphatic carbocycles. The number of carbonyl (C=O) groups is 1. The van der Waals surface area contributed by atoms with Gasteiger partial charge in [0.25, 0.3) is 0 Å². The van der Waals surface area contributed by atoms with E-state index in [-0.39, 0.29) is 24.1 Å². The predicted octanol–water partition coefficient (Wildman–Crippen LogP) is 3.71. The molecule has 2 atom stereocenters. The molecule has 1 aromatic rings. The third-order valence-electron chi connectivity index (χ3n) is 6.53. The lowest BCUT2D eigenvalue weighted by molar-refractivity contribution is -0.139. The first kappa shape index (κ1) is 19.5. The number of carbonyl (C=O) groups excluding carboxylic acids is 1. The van der Waals surface area contributed by atoms with Crippen LogP contribution in [0, 0.1) is 23.7 Å². The number of hydrogen-bond acceptors (Lipinski definition) is 3. The minimum Gasteiger partial charge on any atom is -0.508 e. The first-order chi connectivity index (χ1) is 12.1. The van der Waals surface area contributed by atoms with Crippen LogP contribution in [-0.2, 0) is 11.3 Å². The molecule has 2 bridgehead atoms. The molecule has 4 rings (SSSR count). The van der Waals surface area contributed by atoms with Gasteiger partial charge in [0.05, 0.1) is 0 Å². The Balaban J connectivity index is 0.00000196. The van der Waals surface area contributed by atoms with Gasteiger partial charge in [0.15, 0.2) is 0 Å². The summed E-state index contributed by atoms with van der Waals surface area (Å²) in [5, 5.41) is 9.73. The predicted molar refractivity (Wildman–Crippen MR) is 105 cm³/mol. The second-order valence-electron chi connectivity index (χ2n) is 8.53. The fourth-order valence-electron chi connectivity index (χ4n) is 4.97. The van der Waals surface area contributed by atoms with Gasteiger partial charge in [-0.1, -0.05) is 18.6 Å². The lowest BCUT2D eigenvalue weighted by atomic mass is 9.65. The van der Waals surface area contributed by atoms with Crippen molar-refractivity contribution in [3.05, 3.63) is 29.8 Å². The van der Waals surface area contributed by atoms with Crippen LogP contribution < -0.4 is 5.73 Å². The van der Waals surface area contributed by atoms with Crippen LogP contribution in [0.4, 0.5) is 0 Å². The van der Waals surface area contributed by atoms with Crippen molar-refractivity contribution in [1.82, 2.24) is 4.90 Å². The summed E-state index contributed by atoms with van der Waals surface area (Å²) in [6.45, 7) is 1.48. The Kier molecular flexibility index (Phi) is 6.13. The topological polar surface area (TPSA) is 66.6 Å². The number of amides is 1. The van der Waals surface area contributed by atoms with Crippen LogP contribution >= 0.6 is 12.4 Å². The van der Waals surface area contributed by atoms with E-state index < -0.39 is 0 Å². The normalized spacial score (nSPS) is 30.3. The molecule has 0 spiro atoms. The molecule has 0 heterocycles. The summed E-state index contributed by atoms with van der Waals surface area (Å²) in [4.78, 5) is 15.4. The molecule has 0 aromatic heterocycles. The van der Waals surface area contributed by atoms with E-state index in [1.54, 1.807) is 12.1 Å². The van der Waals surface area contributed by atoms with Crippen molar-refractivity contribution in [2.75, 3.05) is 6.54 Å².